The minimum atomic E-state index is -0.120. The average molecular weight is 339 g/mol. The van der Waals surface area contributed by atoms with Crippen LogP contribution in [-0.4, -0.2) is 32.8 Å². The first-order valence-corrected chi connectivity index (χ1v) is 7.72. The molecule has 4 aromatic rings. The number of nitrogens with zero attached hydrogens (tertiary/aromatic N) is 1. The van der Waals surface area contributed by atoms with Crippen molar-refractivity contribution in [3.8, 4) is 23.0 Å². The van der Waals surface area contributed by atoms with E-state index in [0.29, 0.717) is 33.8 Å². The van der Waals surface area contributed by atoms with Gasteiger partial charge in [0, 0.05) is 17.0 Å². The second kappa shape index (κ2) is 5.44. The smallest absolute Gasteiger partial charge is 0.263 e. The lowest BCUT2D eigenvalue weighted by molar-refractivity contribution is 0.356. The Morgan fingerprint density at radius 3 is 2.12 bits per heavy atom. The summed E-state index contributed by atoms with van der Waals surface area (Å²) in [5.74, 6) is 2.18. The van der Waals surface area contributed by atoms with Crippen molar-refractivity contribution < 1.29 is 18.9 Å². The van der Waals surface area contributed by atoms with Gasteiger partial charge in [-0.25, -0.2) is 0 Å². The molecular formula is C19H17NO5. The molecule has 0 unspecified atom stereocenters. The molecule has 6 nitrogen and oxygen atoms in total. The van der Waals surface area contributed by atoms with Gasteiger partial charge in [-0.05, 0) is 24.3 Å². The van der Waals surface area contributed by atoms with Gasteiger partial charge in [-0.3, -0.25) is 9.20 Å². The second-order valence-corrected chi connectivity index (χ2v) is 5.64. The zero-order valence-electron chi connectivity index (χ0n) is 14.4. The van der Waals surface area contributed by atoms with Gasteiger partial charge in [-0.1, -0.05) is 0 Å². The van der Waals surface area contributed by atoms with Crippen molar-refractivity contribution in [2.45, 2.75) is 0 Å². The Morgan fingerprint density at radius 1 is 0.800 bits per heavy atom. The summed E-state index contributed by atoms with van der Waals surface area (Å²) in [6, 6.07) is 7.22. The standard InChI is InChI=1S/C19H17NO5/c1-22-12-6-5-11-14(17(12)24-3)15-16-10(7-8-20(16)19(11)21)9-13(23-2)18(15)25-4/h5-9H,1-4H3. The zero-order valence-corrected chi connectivity index (χ0v) is 14.4. The summed E-state index contributed by atoms with van der Waals surface area (Å²) in [6.07, 6.45) is 1.76. The lowest BCUT2D eigenvalue weighted by atomic mass is 10.0. The quantitative estimate of drug-likeness (QED) is 0.535. The molecule has 0 aliphatic rings. The van der Waals surface area contributed by atoms with E-state index in [0.717, 1.165) is 16.3 Å². The normalized spacial score (nSPS) is 11.4. The number of methoxy groups -OCH3 is 4. The molecule has 0 fully saturated rings. The van der Waals surface area contributed by atoms with Gasteiger partial charge in [0.25, 0.3) is 5.56 Å². The first-order valence-electron chi connectivity index (χ1n) is 7.72. The van der Waals surface area contributed by atoms with Gasteiger partial charge >= 0.3 is 0 Å². The van der Waals surface area contributed by atoms with E-state index in [1.54, 1.807) is 51.2 Å². The number of aromatic nitrogens is 1. The zero-order chi connectivity index (χ0) is 17.7. The Kier molecular flexibility index (Phi) is 3.35. The number of ether oxygens (including phenoxy) is 4. The van der Waals surface area contributed by atoms with Crippen molar-refractivity contribution >= 4 is 27.1 Å². The molecule has 0 saturated heterocycles. The van der Waals surface area contributed by atoms with Gasteiger partial charge in [0.15, 0.2) is 23.0 Å². The molecule has 25 heavy (non-hydrogen) atoms. The summed E-state index contributed by atoms with van der Waals surface area (Å²) < 4.78 is 23.8. The summed E-state index contributed by atoms with van der Waals surface area (Å²) in [4.78, 5) is 13.0. The highest BCUT2D eigenvalue weighted by atomic mass is 16.5. The van der Waals surface area contributed by atoms with Crippen LogP contribution in [0.15, 0.2) is 35.3 Å². The summed E-state index contributed by atoms with van der Waals surface area (Å²) in [7, 11) is 6.29. The predicted molar refractivity (Wildman–Crippen MR) is 96.1 cm³/mol. The second-order valence-electron chi connectivity index (χ2n) is 5.64. The maximum absolute atomic E-state index is 13.0. The topological polar surface area (TPSA) is 58.4 Å². The van der Waals surface area contributed by atoms with Crippen molar-refractivity contribution in [1.82, 2.24) is 4.40 Å². The van der Waals surface area contributed by atoms with Crippen LogP contribution < -0.4 is 24.5 Å². The van der Waals surface area contributed by atoms with Crippen LogP contribution in [0.2, 0.25) is 0 Å². The van der Waals surface area contributed by atoms with E-state index in [1.165, 1.54) is 0 Å². The summed E-state index contributed by atoms with van der Waals surface area (Å²) in [5, 5.41) is 2.82. The number of hydrogen-bond donors (Lipinski definition) is 0. The Morgan fingerprint density at radius 2 is 1.48 bits per heavy atom. The fraction of sp³-hybridized carbons (Fsp3) is 0.211. The fourth-order valence-corrected chi connectivity index (χ4v) is 3.50. The van der Waals surface area contributed by atoms with E-state index in [9.17, 15) is 4.79 Å². The summed E-state index contributed by atoms with van der Waals surface area (Å²) >= 11 is 0. The lowest BCUT2D eigenvalue weighted by Crippen LogP contribution is -2.13. The molecule has 0 radical (unpaired) electrons. The van der Waals surface area contributed by atoms with Crippen molar-refractivity contribution in [2.24, 2.45) is 0 Å². The van der Waals surface area contributed by atoms with Crippen LogP contribution in [0.5, 0.6) is 23.0 Å². The number of benzene rings is 2. The van der Waals surface area contributed by atoms with E-state index < -0.39 is 0 Å². The maximum atomic E-state index is 13.0. The molecule has 2 aromatic carbocycles. The Hall–Kier alpha value is -3.15. The number of pyridine rings is 1. The van der Waals surface area contributed by atoms with E-state index in [-0.39, 0.29) is 5.56 Å². The van der Waals surface area contributed by atoms with Crippen LogP contribution in [0.3, 0.4) is 0 Å². The molecule has 6 heteroatoms. The van der Waals surface area contributed by atoms with Crippen molar-refractivity contribution in [3.63, 3.8) is 0 Å². The van der Waals surface area contributed by atoms with Gasteiger partial charge in [-0.15, -0.1) is 0 Å². The number of fused-ring (bicyclic) bond motifs is 2. The molecule has 0 amide bonds. The molecule has 0 atom stereocenters. The molecule has 2 aromatic heterocycles. The Bertz CT molecular complexity index is 1160. The molecule has 0 aliphatic carbocycles. The minimum Gasteiger partial charge on any atom is -0.493 e. The van der Waals surface area contributed by atoms with Crippen molar-refractivity contribution in [3.05, 3.63) is 40.8 Å². The molecular weight excluding hydrogens is 322 g/mol. The van der Waals surface area contributed by atoms with Crippen LogP contribution in [-0.2, 0) is 0 Å². The molecule has 2 heterocycles. The molecule has 4 rings (SSSR count). The Labute approximate surface area is 143 Å². The number of hydrogen-bond acceptors (Lipinski definition) is 5. The van der Waals surface area contributed by atoms with E-state index in [2.05, 4.69) is 0 Å². The third-order valence-electron chi connectivity index (χ3n) is 4.56. The summed E-state index contributed by atoms with van der Waals surface area (Å²) in [6.45, 7) is 0. The molecule has 128 valence electrons. The molecule has 0 aliphatic heterocycles. The van der Waals surface area contributed by atoms with Crippen molar-refractivity contribution in [2.75, 3.05) is 28.4 Å². The Balaban J connectivity index is 2.42. The molecule has 0 saturated carbocycles. The molecule has 0 N–H and O–H groups in total. The van der Waals surface area contributed by atoms with Gasteiger partial charge in [-0.2, -0.15) is 0 Å². The third-order valence-corrected chi connectivity index (χ3v) is 4.56. The minimum absolute atomic E-state index is 0.120. The predicted octanol–water partition coefficient (Wildman–Crippen LogP) is 3.08. The van der Waals surface area contributed by atoms with Gasteiger partial charge in [0.1, 0.15) is 0 Å². The van der Waals surface area contributed by atoms with Crippen LogP contribution in [0.1, 0.15) is 0 Å². The third kappa shape index (κ3) is 1.88. The van der Waals surface area contributed by atoms with Crippen LogP contribution in [0, 0.1) is 0 Å². The molecule has 0 spiro atoms. The fourth-order valence-electron chi connectivity index (χ4n) is 3.50. The van der Waals surface area contributed by atoms with E-state index in [1.807, 2.05) is 12.1 Å². The number of rotatable bonds is 4. The lowest BCUT2D eigenvalue weighted by Gasteiger charge is -2.17. The SMILES string of the molecule is COc1ccc2c(=O)n3ccc4cc(OC)c(OC)c(c2c1OC)c43. The largest absolute Gasteiger partial charge is 0.493 e. The van der Waals surface area contributed by atoms with Crippen molar-refractivity contribution in [1.29, 1.82) is 0 Å². The van der Waals surface area contributed by atoms with Crippen LogP contribution in [0.25, 0.3) is 27.1 Å². The van der Waals surface area contributed by atoms with E-state index >= 15 is 0 Å². The van der Waals surface area contributed by atoms with Crippen LogP contribution >= 0.6 is 0 Å². The maximum Gasteiger partial charge on any atom is 0.263 e. The highest BCUT2D eigenvalue weighted by Gasteiger charge is 2.23. The first-order chi connectivity index (χ1) is 12.2. The van der Waals surface area contributed by atoms with Gasteiger partial charge in [0.05, 0.1) is 44.7 Å². The molecule has 0 bridgehead atoms. The first kappa shape index (κ1) is 15.4. The highest BCUT2D eigenvalue weighted by molar-refractivity contribution is 6.18. The highest BCUT2D eigenvalue weighted by Crippen LogP contribution is 2.46. The van der Waals surface area contributed by atoms with E-state index in [4.69, 9.17) is 18.9 Å². The van der Waals surface area contributed by atoms with Gasteiger partial charge < -0.3 is 18.9 Å². The monoisotopic (exact) mass is 339 g/mol. The average Bonchev–Trinajstić information content (AvgIpc) is 3.07. The van der Waals surface area contributed by atoms with Gasteiger partial charge in [0.2, 0.25) is 0 Å². The summed E-state index contributed by atoms with van der Waals surface area (Å²) in [5.41, 5.74) is 0.646. The van der Waals surface area contributed by atoms with Crippen LogP contribution in [0.4, 0.5) is 0 Å².